The topological polar surface area (TPSA) is 76.2 Å². The molecular formula is C26H32ClN5O3. The van der Waals surface area contributed by atoms with E-state index in [2.05, 4.69) is 5.32 Å². The van der Waals surface area contributed by atoms with Gasteiger partial charge in [-0.2, -0.15) is 0 Å². The predicted octanol–water partition coefficient (Wildman–Crippen LogP) is 3.39. The average Bonchev–Trinajstić information content (AvgIpc) is 2.83. The minimum atomic E-state index is -0.599. The molecule has 1 N–H and O–H groups in total. The van der Waals surface area contributed by atoms with Crippen LogP contribution in [0.2, 0.25) is 5.02 Å². The van der Waals surface area contributed by atoms with Crippen molar-refractivity contribution in [1.82, 2.24) is 25.1 Å². The Bertz CT molecular complexity index is 1100. The Kier molecular flexibility index (Phi) is 7.62. The fourth-order valence-electron chi connectivity index (χ4n) is 4.88. The first-order valence-corrected chi connectivity index (χ1v) is 12.3. The Morgan fingerprint density at radius 2 is 1.86 bits per heavy atom. The molecule has 2 heterocycles. The van der Waals surface area contributed by atoms with Gasteiger partial charge < -0.3 is 15.1 Å². The Morgan fingerprint density at radius 3 is 2.54 bits per heavy atom. The van der Waals surface area contributed by atoms with Gasteiger partial charge in [0.15, 0.2) is 0 Å². The number of fused-ring (bicyclic) bond motifs is 1. The van der Waals surface area contributed by atoms with Gasteiger partial charge in [-0.25, -0.2) is 14.8 Å². The Balaban J connectivity index is 1.60. The van der Waals surface area contributed by atoms with Gasteiger partial charge in [-0.1, -0.05) is 67.4 Å². The number of benzene rings is 2. The molecule has 0 aromatic heterocycles. The molecule has 0 saturated carbocycles. The fourth-order valence-corrected chi connectivity index (χ4v) is 5.00. The van der Waals surface area contributed by atoms with Crippen molar-refractivity contribution in [3.63, 3.8) is 0 Å². The SMILES string of the molecule is CCC[C@H]1C(=O)N(Cc2ccc(Cl)c(C)c2)C[C@H]2N1C(=O)CN(C)N2C(=O)NCc1ccccc1. The van der Waals surface area contributed by atoms with E-state index in [1.165, 1.54) is 0 Å². The molecule has 2 fully saturated rings. The molecule has 4 amide bonds. The predicted molar refractivity (Wildman–Crippen MR) is 134 cm³/mol. The number of hydrogen-bond donors (Lipinski definition) is 1. The molecule has 0 aliphatic carbocycles. The smallest absolute Gasteiger partial charge is 0.333 e. The monoisotopic (exact) mass is 497 g/mol. The van der Waals surface area contributed by atoms with Crippen molar-refractivity contribution >= 4 is 29.4 Å². The molecule has 2 aliphatic heterocycles. The number of urea groups is 1. The van der Waals surface area contributed by atoms with Gasteiger partial charge in [0.2, 0.25) is 11.8 Å². The molecule has 8 nitrogen and oxygen atoms in total. The van der Waals surface area contributed by atoms with Crippen molar-refractivity contribution in [2.75, 3.05) is 20.1 Å². The second kappa shape index (κ2) is 10.7. The number of hydrogen-bond acceptors (Lipinski definition) is 4. The summed E-state index contributed by atoms with van der Waals surface area (Å²) in [6.07, 6.45) is 0.705. The van der Waals surface area contributed by atoms with Crippen molar-refractivity contribution in [3.05, 3.63) is 70.2 Å². The summed E-state index contributed by atoms with van der Waals surface area (Å²) < 4.78 is 0. The molecule has 2 aromatic carbocycles. The van der Waals surface area contributed by atoms with Crippen LogP contribution in [0.5, 0.6) is 0 Å². The number of piperazine rings is 1. The average molecular weight is 498 g/mol. The molecule has 2 saturated heterocycles. The van der Waals surface area contributed by atoms with Crippen LogP contribution in [-0.4, -0.2) is 70.0 Å². The lowest BCUT2D eigenvalue weighted by atomic mass is 10.0. The van der Waals surface area contributed by atoms with E-state index < -0.39 is 12.2 Å². The second-order valence-corrected chi connectivity index (χ2v) is 9.60. The highest BCUT2D eigenvalue weighted by Crippen LogP contribution is 2.29. The molecule has 0 radical (unpaired) electrons. The maximum Gasteiger partial charge on any atom is 0.334 e. The zero-order valence-corrected chi connectivity index (χ0v) is 21.2. The normalized spacial score (nSPS) is 20.7. The number of halogens is 1. The third-order valence-corrected chi connectivity index (χ3v) is 7.02. The van der Waals surface area contributed by atoms with Gasteiger partial charge in [0, 0.05) is 25.2 Å². The van der Waals surface area contributed by atoms with Crippen LogP contribution in [0.15, 0.2) is 48.5 Å². The first-order valence-electron chi connectivity index (χ1n) is 12.0. The summed E-state index contributed by atoms with van der Waals surface area (Å²) in [6.45, 7) is 4.96. The Labute approximate surface area is 211 Å². The Hall–Kier alpha value is -3.10. The Morgan fingerprint density at radius 1 is 1.11 bits per heavy atom. The number of likely N-dealkylation sites (N-methyl/N-ethyl adjacent to an activating group) is 1. The summed E-state index contributed by atoms with van der Waals surface area (Å²) in [5, 5.41) is 6.88. The summed E-state index contributed by atoms with van der Waals surface area (Å²) in [7, 11) is 1.73. The van der Waals surface area contributed by atoms with Gasteiger partial charge in [0.25, 0.3) is 0 Å². The number of nitrogens with one attached hydrogen (secondary N) is 1. The lowest BCUT2D eigenvalue weighted by Gasteiger charge is -2.54. The van der Waals surface area contributed by atoms with E-state index >= 15 is 0 Å². The van der Waals surface area contributed by atoms with Gasteiger partial charge in [-0.05, 0) is 36.1 Å². The quantitative estimate of drug-likeness (QED) is 0.663. The van der Waals surface area contributed by atoms with E-state index in [0.29, 0.717) is 24.5 Å². The number of amides is 4. The zero-order chi connectivity index (χ0) is 25.1. The number of aryl methyl sites for hydroxylation is 1. The van der Waals surface area contributed by atoms with Crippen LogP contribution in [0.3, 0.4) is 0 Å². The molecular weight excluding hydrogens is 466 g/mol. The molecule has 2 aromatic rings. The van der Waals surface area contributed by atoms with E-state index in [4.69, 9.17) is 11.6 Å². The van der Waals surface area contributed by atoms with Crippen LogP contribution < -0.4 is 5.32 Å². The van der Waals surface area contributed by atoms with Gasteiger partial charge in [0.1, 0.15) is 12.2 Å². The summed E-state index contributed by atoms with van der Waals surface area (Å²) >= 11 is 6.19. The van der Waals surface area contributed by atoms with E-state index in [0.717, 1.165) is 23.1 Å². The van der Waals surface area contributed by atoms with Crippen LogP contribution in [0, 0.1) is 6.92 Å². The van der Waals surface area contributed by atoms with Gasteiger partial charge in [-0.3, -0.25) is 9.59 Å². The van der Waals surface area contributed by atoms with Crippen LogP contribution >= 0.6 is 11.6 Å². The highest BCUT2D eigenvalue weighted by Gasteiger charge is 2.50. The first kappa shape index (κ1) is 25.0. The molecule has 35 heavy (non-hydrogen) atoms. The van der Waals surface area contributed by atoms with Gasteiger partial charge in [0.05, 0.1) is 13.1 Å². The van der Waals surface area contributed by atoms with E-state index in [9.17, 15) is 14.4 Å². The highest BCUT2D eigenvalue weighted by molar-refractivity contribution is 6.31. The van der Waals surface area contributed by atoms with Crippen molar-refractivity contribution in [2.24, 2.45) is 0 Å². The van der Waals surface area contributed by atoms with Crippen LogP contribution in [0.25, 0.3) is 0 Å². The molecule has 9 heteroatoms. The summed E-state index contributed by atoms with van der Waals surface area (Å²) in [5.41, 5.74) is 2.88. The number of carbonyl (C=O) groups excluding carboxylic acids is 3. The standard InChI is InChI=1S/C26H32ClN5O3/c1-4-8-22-25(34)30(15-20-11-12-21(27)18(2)13-20)16-23-31(22)24(33)17-29(3)32(23)26(35)28-14-19-9-6-5-7-10-19/h5-7,9-13,22-23H,4,8,14-17H2,1-3H3,(H,28,35)/t22-,23-/m0/s1. The largest absolute Gasteiger partial charge is 0.334 e. The number of rotatable bonds is 6. The van der Waals surface area contributed by atoms with Crippen LogP contribution in [-0.2, 0) is 22.7 Å². The molecule has 0 bridgehead atoms. The van der Waals surface area contributed by atoms with Crippen LogP contribution in [0.4, 0.5) is 4.79 Å². The van der Waals surface area contributed by atoms with Crippen molar-refractivity contribution < 1.29 is 14.4 Å². The first-order chi connectivity index (χ1) is 16.8. The molecule has 2 atom stereocenters. The van der Waals surface area contributed by atoms with E-state index in [-0.39, 0.29) is 30.9 Å². The maximum atomic E-state index is 13.5. The molecule has 0 spiro atoms. The van der Waals surface area contributed by atoms with Crippen molar-refractivity contribution in [3.8, 4) is 0 Å². The molecule has 0 unspecified atom stereocenters. The van der Waals surface area contributed by atoms with Gasteiger partial charge >= 0.3 is 6.03 Å². The van der Waals surface area contributed by atoms with E-state index in [1.54, 1.807) is 26.9 Å². The molecule has 2 aliphatic rings. The third-order valence-electron chi connectivity index (χ3n) is 6.59. The van der Waals surface area contributed by atoms with Gasteiger partial charge in [-0.15, -0.1) is 0 Å². The summed E-state index contributed by atoms with van der Waals surface area (Å²) in [6, 6.07) is 14.5. The zero-order valence-electron chi connectivity index (χ0n) is 20.4. The summed E-state index contributed by atoms with van der Waals surface area (Å²) in [4.78, 5) is 43.4. The van der Waals surface area contributed by atoms with Crippen LogP contribution in [0.1, 0.15) is 36.5 Å². The highest BCUT2D eigenvalue weighted by atomic mass is 35.5. The lowest BCUT2D eigenvalue weighted by molar-refractivity contribution is -0.188. The maximum absolute atomic E-state index is 13.5. The number of carbonyl (C=O) groups is 3. The molecule has 186 valence electrons. The third kappa shape index (κ3) is 5.28. The number of hydrazine groups is 1. The van der Waals surface area contributed by atoms with Crippen molar-refractivity contribution in [2.45, 2.75) is 52.0 Å². The minimum absolute atomic E-state index is 0.0408. The minimum Gasteiger partial charge on any atom is -0.333 e. The second-order valence-electron chi connectivity index (χ2n) is 9.19. The fraction of sp³-hybridized carbons (Fsp3) is 0.423. The van der Waals surface area contributed by atoms with E-state index in [1.807, 2.05) is 62.4 Å². The van der Waals surface area contributed by atoms with Crippen molar-refractivity contribution in [1.29, 1.82) is 0 Å². The summed E-state index contributed by atoms with van der Waals surface area (Å²) in [5.74, 6) is -0.225. The lowest BCUT2D eigenvalue weighted by Crippen LogP contribution is -2.75. The molecule has 4 rings (SSSR count). The number of nitrogens with zero attached hydrogens (tertiary/aromatic N) is 4.